The lowest BCUT2D eigenvalue weighted by Gasteiger charge is -2.36. The van der Waals surface area contributed by atoms with Crippen molar-refractivity contribution in [3.8, 4) is 0 Å². The predicted molar refractivity (Wildman–Crippen MR) is 106 cm³/mol. The molecule has 1 saturated heterocycles. The van der Waals surface area contributed by atoms with E-state index in [2.05, 4.69) is 29.1 Å². The molecular weight excluding hydrogens is 407 g/mol. The first kappa shape index (κ1) is 22.4. The lowest BCUT2D eigenvalue weighted by atomic mass is 10.3. The molecule has 0 atom stereocenters. The molecule has 0 radical (unpaired) electrons. The number of unbranched alkanes of at least 4 members (excludes halogenated alkanes) is 1. The summed E-state index contributed by atoms with van der Waals surface area (Å²) in [5.41, 5.74) is 0. The van der Waals surface area contributed by atoms with Crippen molar-refractivity contribution in [3.63, 3.8) is 0 Å². The van der Waals surface area contributed by atoms with Gasteiger partial charge in [-0.25, -0.2) is 0 Å². The van der Waals surface area contributed by atoms with E-state index in [4.69, 9.17) is 4.74 Å². The summed E-state index contributed by atoms with van der Waals surface area (Å²) in [5.74, 6) is 1.12. The Balaban J connectivity index is 0.00000484. The van der Waals surface area contributed by atoms with Crippen LogP contribution in [0, 0.1) is 0 Å². The highest BCUT2D eigenvalue weighted by Gasteiger charge is 2.20. The number of halogens is 1. The molecule has 1 fully saturated rings. The average molecular weight is 440 g/mol. The molecule has 0 unspecified atom stereocenters. The number of amides is 1. The SMILES string of the molecule is CCCCOCCCN=C(NCC)N1CCN(C(C)=O)CC1.I. The van der Waals surface area contributed by atoms with Crippen LogP contribution in [-0.2, 0) is 9.53 Å². The molecule has 23 heavy (non-hydrogen) atoms. The molecule has 1 amide bonds. The van der Waals surface area contributed by atoms with Gasteiger partial charge in [0.15, 0.2) is 5.96 Å². The number of piperazine rings is 1. The molecule has 0 aromatic rings. The van der Waals surface area contributed by atoms with Gasteiger partial charge in [0.05, 0.1) is 0 Å². The second kappa shape index (κ2) is 13.8. The number of carbonyl (C=O) groups excluding carboxylic acids is 1. The number of nitrogens with one attached hydrogen (secondary N) is 1. The van der Waals surface area contributed by atoms with Gasteiger partial charge in [-0.05, 0) is 19.8 Å². The van der Waals surface area contributed by atoms with E-state index in [-0.39, 0.29) is 29.9 Å². The topological polar surface area (TPSA) is 57.2 Å². The molecule has 136 valence electrons. The number of hydrogen-bond donors (Lipinski definition) is 1. The molecule has 1 rings (SSSR count). The molecule has 0 aromatic carbocycles. The van der Waals surface area contributed by atoms with Crippen molar-refractivity contribution in [2.24, 2.45) is 4.99 Å². The lowest BCUT2D eigenvalue weighted by molar-refractivity contribution is -0.130. The van der Waals surface area contributed by atoms with Crippen LogP contribution in [0.4, 0.5) is 0 Å². The first-order valence-electron chi connectivity index (χ1n) is 8.55. The van der Waals surface area contributed by atoms with Gasteiger partial charge in [0.25, 0.3) is 0 Å². The van der Waals surface area contributed by atoms with Crippen LogP contribution in [0.5, 0.6) is 0 Å². The second-order valence-electron chi connectivity index (χ2n) is 5.55. The maximum absolute atomic E-state index is 11.4. The van der Waals surface area contributed by atoms with Gasteiger partial charge in [-0.15, -0.1) is 24.0 Å². The Labute approximate surface area is 158 Å². The summed E-state index contributed by atoms with van der Waals surface area (Å²) in [7, 11) is 0. The molecule has 1 heterocycles. The van der Waals surface area contributed by atoms with E-state index in [0.717, 1.165) is 71.3 Å². The Morgan fingerprint density at radius 1 is 1.09 bits per heavy atom. The second-order valence-corrected chi connectivity index (χ2v) is 5.55. The molecule has 0 aliphatic carbocycles. The molecule has 0 bridgehead atoms. The van der Waals surface area contributed by atoms with E-state index >= 15 is 0 Å². The van der Waals surface area contributed by atoms with Gasteiger partial charge in [0.2, 0.25) is 5.91 Å². The van der Waals surface area contributed by atoms with Gasteiger partial charge in [-0.2, -0.15) is 0 Å². The fraction of sp³-hybridized carbons (Fsp3) is 0.875. The van der Waals surface area contributed by atoms with Crippen LogP contribution in [0.25, 0.3) is 0 Å². The number of aliphatic imine (C=N–C) groups is 1. The van der Waals surface area contributed by atoms with E-state index in [1.165, 1.54) is 6.42 Å². The zero-order valence-corrected chi connectivity index (χ0v) is 17.2. The summed E-state index contributed by atoms with van der Waals surface area (Å²) >= 11 is 0. The zero-order chi connectivity index (χ0) is 16.2. The smallest absolute Gasteiger partial charge is 0.219 e. The van der Waals surface area contributed by atoms with Crippen molar-refractivity contribution in [1.82, 2.24) is 15.1 Å². The first-order chi connectivity index (χ1) is 10.7. The van der Waals surface area contributed by atoms with E-state index in [9.17, 15) is 4.79 Å². The maximum atomic E-state index is 11.4. The van der Waals surface area contributed by atoms with Crippen LogP contribution in [0.3, 0.4) is 0 Å². The minimum atomic E-state index is 0. The fourth-order valence-electron chi connectivity index (χ4n) is 2.36. The van der Waals surface area contributed by atoms with Crippen LogP contribution in [0.1, 0.15) is 40.0 Å². The highest BCUT2D eigenvalue weighted by atomic mass is 127. The van der Waals surface area contributed by atoms with Crippen molar-refractivity contribution in [2.75, 3.05) is 52.5 Å². The van der Waals surface area contributed by atoms with Gasteiger partial charge < -0.3 is 19.9 Å². The summed E-state index contributed by atoms with van der Waals surface area (Å²) in [4.78, 5) is 20.2. The van der Waals surface area contributed by atoms with Crippen LogP contribution >= 0.6 is 24.0 Å². The Kier molecular flexibility index (Phi) is 13.5. The van der Waals surface area contributed by atoms with Crippen LogP contribution in [0.15, 0.2) is 4.99 Å². The minimum absolute atomic E-state index is 0. The third kappa shape index (κ3) is 9.34. The molecule has 1 N–H and O–H groups in total. The molecule has 0 saturated carbocycles. The summed E-state index contributed by atoms with van der Waals surface area (Å²) in [5, 5.41) is 3.34. The molecule has 0 aromatic heterocycles. The molecule has 1 aliphatic rings. The highest BCUT2D eigenvalue weighted by molar-refractivity contribution is 14.0. The van der Waals surface area contributed by atoms with Crippen molar-refractivity contribution < 1.29 is 9.53 Å². The zero-order valence-electron chi connectivity index (χ0n) is 14.8. The van der Waals surface area contributed by atoms with E-state index in [0.29, 0.717) is 0 Å². The van der Waals surface area contributed by atoms with Crippen molar-refractivity contribution >= 4 is 35.8 Å². The van der Waals surface area contributed by atoms with E-state index in [1.807, 2.05) is 4.90 Å². The normalized spacial score (nSPS) is 15.3. The third-order valence-electron chi connectivity index (χ3n) is 3.71. The number of ether oxygens (including phenoxy) is 1. The average Bonchev–Trinajstić information content (AvgIpc) is 2.53. The minimum Gasteiger partial charge on any atom is -0.381 e. The Morgan fingerprint density at radius 3 is 2.26 bits per heavy atom. The quantitative estimate of drug-likeness (QED) is 0.271. The van der Waals surface area contributed by atoms with Crippen LogP contribution in [-0.4, -0.2) is 74.1 Å². The number of carbonyl (C=O) groups is 1. The van der Waals surface area contributed by atoms with Gasteiger partial charge in [-0.3, -0.25) is 9.79 Å². The Hall–Kier alpha value is -0.570. The van der Waals surface area contributed by atoms with Gasteiger partial charge in [-0.1, -0.05) is 13.3 Å². The largest absolute Gasteiger partial charge is 0.381 e. The Bertz CT molecular complexity index is 345. The van der Waals surface area contributed by atoms with Crippen molar-refractivity contribution in [2.45, 2.75) is 40.0 Å². The Morgan fingerprint density at radius 2 is 1.70 bits per heavy atom. The van der Waals surface area contributed by atoms with Gasteiger partial charge in [0.1, 0.15) is 0 Å². The number of rotatable bonds is 8. The van der Waals surface area contributed by atoms with Crippen LogP contribution in [0.2, 0.25) is 0 Å². The van der Waals surface area contributed by atoms with Gasteiger partial charge in [0, 0.05) is 59.4 Å². The fourth-order valence-corrected chi connectivity index (χ4v) is 2.36. The molecular formula is C16H33IN4O2. The van der Waals surface area contributed by atoms with Gasteiger partial charge >= 0.3 is 0 Å². The molecule has 7 heteroatoms. The third-order valence-corrected chi connectivity index (χ3v) is 3.71. The maximum Gasteiger partial charge on any atom is 0.219 e. The summed E-state index contributed by atoms with van der Waals surface area (Å²) in [6.45, 7) is 12.4. The lowest BCUT2D eigenvalue weighted by Crippen LogP contribution is -2.53. The van der Waals surface area contributed by atoms with E-state index in [1.54, 1.807) is 6.92 Å². The number of guanidine groups is 1. The van der Waals surface area contributed by atoms with Crippen LogP contribution < -0.4 is 5.32 Å². The monoisotopic (exact) mass is 440 g/mol. The highest BCUT2D eigenvalue weighted by Crippen LogP contribution is 2.03. The number of nitrogens with zero attached hydrogens (tertiary/aromatic N) is 3. The number of hydrogen-bond acceptors (Lipinski definition) is 3. The summed E-state index contributed by atoms with van der Waals surface area (Å²) in [6.07, 6.45) is 3.26. The predicted octanol–water partition coefficient (Wildman–Crippen LogP) is 1.94. The van der Waals surface area contributed by atoms with Crippen molar-refractivity contribution in [3.05, 3.63) is 0 Å². The standard InChI is InChI=1S/C16H32N4O2.HI/c1-4-6-13-22-14-7-8-18-16(17-5-2)20-11-9-19(10-12-20)15(3)21;/h4-14H2,1-3H3,(H,17,18);1H. The molecule has 0 spiro atoms. The summed E-state index contributed by atoms with van der Waals surface area (Å²) < 4.78 is 5.55. The van der Waals surface area contributed by atoms with E-state index < -0.39 is 0 Å². The summed E-state index contributed by atoms with van der Waals surface area (Å²) in [6, 6.07) is 0. The molecule has 1 aliphatic heterocycles. The molecule has 6 nitrogen and oxygen atoms in total. The van der Waals surface area contributed by atoms with Crippen molar-refractivity contribution in [1.29, 1.82) is 0 Å². The first-order valence-corrected chi connectivity index (χ1v) is 8.55.